The van der Waals surface area contributed by atoms with E-state index in [9.17, 15) is 5.11 Å². The van der Waals surface area contributed by atoms with Gasteiger partial charge in [0.15, 0.2) is 0 Å². The first-order valence-electron chi connectivity index (χ1n) is 6.04. The number of pyridine rings is 1. The Morgan fingerprint density at radius 2 is 2.31 bits per heavy atom. The van der Waals surface area contributed by atoms with E-state index in [2.05, 4.69) is 23.7 Å². The Labute approximate surface area is 97.1 Å². The minimum Gasteiger partial charge on any atom is -0.392 e. The van der Waals surface area contributed by atoms with Gasteiger partial charge < -0.3 is 10.0 Å². The standard InChI is InChI=1S/C13H20N2O/c1-10-4-3-7-15(11(10)2)13-5-6-14-8-12(13)9-16/h5-6,8,10-11,16H,3-4,7,9H2,1-2H3. The molecule has 0 aliphatic carbocycles. The third-order valence-electron chi connectivity index (χ3n) is 3.73. The van der Waals surface area contributed by atoms with Crippen LogP contribution in [0.4, 0.5) is 5.69 Å². The van der Waals surface area contributed by atoms with Gasteiger partial charge in [0.25, 0.3) is 0 Å². The number of nitrogens with zero attached hydrogens (tertiary/aromatic N) is 2. The van der Waals surface area contributed by atoms with Crippen LogP contribution in [0.25, 0.3) is 0 Å². The normalized spacial score (nSPS) is 25.8. The van der Waals surface area contributed by atoms with E-state index in [1.165, 1.54) is 12.8 Å². The lowest BCUT2D eigenvalue weighted by Crippen LogP contribution is -2.42. The highest BCUT2D eigenvalue weighted by molar-refractivity contribution is 5.53. The minimum absolute atomic E-state index is 0.0702. The molecule has 88 valence electrons. The molecule has 2 atom stereocenters. The predicted molar refractivity (Wildman–Crippen MR) is 65.4 cm³/mol. The zero-order valence-corrected chi connectivity index (χ0v) is 10.1. The number of aromatic nitrogens is 1. The Balaban J connectivity index is 2.28. The summed E-state index contributed by atoms with van der Waals surface area (Å²) in [7, 11) is 0. The molecule has 3 nitrogen and oxygen atoms in total. The lowest BCUT2D eigenvalue weighted by molar-refractivity contribution is 0.280. The zero-order chi connectivity index (χ0) is 11.5. The maximum absolute atomic E-state index is 9.33. The molecule has 0 radical (unpaired) electrons. The minimum atomic E-state index is 0.0702. The van der Waals surface area contributed by atoms with Crippen LogP contribution in [0.2, 0.25) is 0 Å². The summed E-state index contributed by atoms with van der Waals surface area (Å²) in [6.07, 6.45) is 6.11. The van der Waals surface area contributed by atoms with Gasteiger partial charge >= 0.3 is 0 Å². The predicted octanol–water partition coefficient (Wildman–Crippen LogP) is 2.20. The third kappa shape index (κ3) is 2.05. The maximum Gasteiger partial charge on any atom is 0.0717 e. The molecule has 2 unspecified atom stereocenters. The summed E-state index contributed by atoms with van der Waals surface area (Å²) in [6, 6.07) is 2.56. The number of aliphatic hydroxyl groups is 1. The molecule has 0 bridgehead atoms. The molecule has 3 heteroatoms. The van der Waals surface area contributed by atoms with Crippen LogP contribution in [0, 0.1) is 5.92 Å². The van der Waals surface area contributed by atoms with Crippen LogP contribution >= 0.6 is 0 Å². The molecule has 0 aromatic carbocycles. The van der Waals surface area contributed by atoms with Crippen LogP contribution in [-0.2, 0) is 6.61 Å². The summed E-state index contributed by atoms with van der Waals surface area (Å²) in [4.78, 5) is 6.47. The Morgan fingerprint density at radius 3 is 3.06 bits per heavy atom. The third-order valence-corrected chi connectivity index (χ3v) is 3.73. The summed E-state index contributed by atoms with van der Waals surface area (Å²) in [5.41, 5.74) is 2.08. The smallest absolute Gasteiger partial charge is 0.0717 e. The fourth-order valence-electron chi connectivity index (χ4n) is 2.50. The molecule has 1 aromatic rings. The summed E-state index contributed by atoms with van der Waals surface area (Å²) in [5.74, 6) is 0.716. The van der Waals surface area contributed by atoms with Gasteiger partial charge in [-0.3, -0.25) is 4.98 Å². The number of rotatable bonds is 2. The molecular weight excluding hydrogens is 200 g/mol. The highest BCUT2D eigenvalue weighted by Crippen LogP contribution is 2.30. The van der Waals surface area contributed by atoms with Gasteiger partial charge in [0.05, 0.1) is 6.61 Å². The van der Waals surface area contributed by atoms with Gasteiger partial charge in [-0.15, -0.1) is 0 Å². The van der Waals surface area contributed by atoms with Gasteiger partial charge in [0.2, 0.25) is 0 Å². The number of aliphatic hydroxyl groups excluding tert-OH is 1. The molecule has 0 saturated carbocycles. The van der Waals surface area contributed by atoms with Crippen molar-refractivity contribution in [2.45, 2.75) is 39.3 Å². The van der Waals surface area contributed by atoms with E-state index >= 15 is 0 Å². The van der Waals surface area contributed by atoms with Crippen molar-refractivity contribution < 1.29 is 5.11 Å². The molecule has 1 N–H and O–H groups in total. The van der Waals surface area contributed by atoms with Crippen LogP contribution < -0.4 is 4.90 Å². The lowest BCUT2D eigenvalue weighted by Gasteiger charge is -2.40. The van der Waals surface area contributed by atoms with Crippen LogP contribution in [0.3, 0.4) is 0 Å². The fraction of sp³-hybridized carbons (Fsp3) is 0.615. The fourth-order valence-corrected chi connectivity index (χ4v) is 2.50. The van der Waals surface area contributed by atoms with Gasteiger partial charge in [-0.05, 0) is 31.7 Å². The van der Waals surface area contributed by atoms with Crippen molar-refractivity contribution in [3.05, 3.63) is 24.0 Å². The summed E-state index contributed by atoms with van der Waals surface area (Å²) >= 11 is 0. The van der Waals surface area contributed by atoms with E-state index in [0.29, 0.717) is 12.0 Å². The second-order valence-corrected chi connectivity index (χ2v) is 4.72. The highest BCUT2D eigenvalue weighted by atomic mass is 16.3. The molecule has 0 spiro atoms. The topological polar surface area (TPSA) is 36.4 Å². The first kappa shape index (κ1) is 11.4. The van der Waals surface area contributed by atoms with E-state index in [-0.39, 0.29) is 6.61 Å². The SMILES string of the molecule is CC1CCCN(c2ccncc2CO)C1C. The number of anilines is 1. The van der Waals surface area contributed by atoms with Crippen LogP contribution in [0.1, 0.15) is 32.3 Å². The van der Waals surface area contributed by atoms with E-state index in [1.54, 1.807) is 12.4 Å². The van der Waals surface area contributed by atoms with Crippen molar-refractivity contribution in [2.75, 3.05) is 11.4 Å². The van der Waals surface area contributed by atoms with Gasteiger partial charge in [-0.1, -0.05) is 6.92 Å². The van der Waals surface area contributed by atoms with Gasteiger partial charge in [0, 0.05) is 36.2 Å². The van der Waals surface area contributed by atoms with Crippen molar-refractivity contribution in [2.24, 2.45) is 5.92 Å². The monoisotopic (exact) mass is 220 g/mol. The van der Waals surface area contributed by atoms with Crippen LogP contribution in [0.15, 0.2) is 18.5 Å². The Kier molecular flexibility index (Phi) is 3.44. The molecule has 1 aromatic heterocycles. The average molecular weight is 220 g/mol. The Morgan fingerprint density at radius 1 is 1.50 bits per heavy atom. The first-order valence-corrected chi connectivity index (χ1v) is 6.04. The molecular formula is C13H20N2O. The molecule has 0 amide bonds. The molecule has 2 rings (SSSR count). The van der Waals surface area contributed by atoms with Crippen molar-refractivity contribution in [1.82, 2.24) is 4.98 Å². The molecule has 1 saturated heterocycles. The summed E-state index contributed by atoms with van der Waals surface area (Å²) < 4.78 is 0. The summed E-state index contributed by atoms with van der Waals surface area (Å²) in [5, 5.41) is 9.33. The van der Waals surface area contributed by atoms with Crippen molar-refractivity contribution in [3.63, 3.8) is 0 Å². The van der Waals surface area contributed by atoms with Gasteiger partial charge in [-0.2, -0.15) is 0 Å². The first-order chi connectivity index (χ1) is 7.74. The highest BCUT2D eigenvalue weighted by Gasteiger charge is 2.25. The number of hydrogen-bond acceptors (Lipinski definition) is 3. The number of hydrogen-bond donors (Lipinski definition) is 1. The lowest BCUT2D eigenvalue weighted by atomic mass is 9.91. The van der Waals surface area contributed by atoms with Crippen LogP contribution in [-0.4, -0.2) is 22.7 Å². The van der Waals surface area contributed by atoms with E-state index in [0.717, 1.165) is 17.8 Å². The molecule has 1 fully saturated rings. The second kappa shape index (κ2) is 4.83. The van der Waals surface area contributed by atoms with Gasteiger partial charge in [0.1, 0.15) is 0 Å². The number of piperidine rings is 1. The quantitative estimate of drug-likeness (QED) is 0.830. The Hall–Kier alpha value is -1.09. The van der Waals surface area contributed by atoms with Crippen molar-refractivity contribution in [3.8, 4) is 0 Å². The Bertz CT molecular complexity index is 354. The molecule has 2 heterocycles. The van der Waals surface area contributed by atoms with E-state index in [4.69, 9.17) is 0 Å². The average Bonchev–Trinajstić information content (AvgIpc) is 2.33. The molecule has 1 aliphatic heterocycles. The molecule has 16 heavy (non-hydrogen) atoms. The summed E-state index contributed by atoms with van der Waals surface area (Å²) in [6.45, 7) is 5.73. The van der Waals surface area contributed by atoms with E-state index in [1.807, 2.05) is 6.07 Å². The van der Waals surface area contributed by atoms with Crippen molar-refractivity contribution in [1.29, 1.82) is 0 Å². The molecule has 1 aliphatic rings. The second-order valence-electron chi connectivity index (χ2n) is 4.72. The largest absolute Gasteiger partial charge is 0.392 e. The van der Waals surface area contributed by atoms with Crippen molar-refractivity contribution >= 4 is 5.69 Å². The zero-order valence-electron chi connectivity index (χ0n) is 10.1. The van der Waals surface area contributed by atoms with E-state index < -0.39 is 0 Å². The van der Waals surface area contributed by atoms with Gasteiger partial charge in [-0.25, -0.2) is 0 Å². The maximum atomic E-state index is 9.33. The van der Waals surface area contributed by atoms with Crippen LogP contribution in [0.5, 0.6) is 0 Å².